The van der Waals surface area contributed by atoms with Crippen LogP contribution in [0.1, 0.15) is 23.7 Å². The van der Waals surface area contributed by atoms with Gasteiger partial charge in [-0.3, -0.25) is 9.78 Å². The Labute approximate surface area is 182 Å². The second kappa shape index (κ2) is 9.85. The summed E-state index contributed by atoms with van der Waals surface area (Å²) >= 11 is 0. The van der Waals surface area contributed by atoms with Crippen LogP contribution in [0, 0.1) is 0 Å². The number of hydrogen-bond acceptors (Lipinski definition) is 4. The fourth-order valence-corrected chi connectivity index (χ4v) is 3.71. The summed E-state index contributed by atoms with van der Waals surface area (Å²) in [6.45, 7) is 4.58. The molecular weight excluding hydrogens is 384 g/mol. The van der Waals surface area contributed by atoms with E-state index in [0.717, 1.165) is 41.7 Å². The van der Waals surface area contributed by atoms with Gasteiger partial charge in [0.15, 0.2) is 0 Å². The first-order valence-corrected chi connectivity index (χ1v) is 10.6. The van der Waals surface area contributed by atoms with Gasteiger partial charge in [-0.2, -0.15) is 0 Å². The standard InChI is InChI=1S/C26H26N4O/c1-2-30(21-9-4-3-5-10-21)18-8-15-28-26(31)23-19-25(20-13-16-27-17-14-20)29-24-12-7-6-11-22(23)24/h3-7,9-14,16-17,19H,2,8,15,18H2,1H3,(H,28,31). The second-order valence-corrected chi connectivity index (χ2v) is 7.33. The van der Waals surface area contributed by atoms with Crippen LogP contribution in [0.3, 0.4) is 0 Å². The highest BCUT2D eigenvalue weighted by molar-refractivity contribution is 6.07. The number of amides is 1. The highest BCUT2D eigenvalue weighted by atomic mass is 16.1. The molecule has 0 radical (unpaired) electrons. The first-order chi connectivity index (χ1) is 15.3. The number of nitrogens with zero attached hydrogens (tertiary/aromatic N) is 3. The third-order valence-electron chi connectivity index (χ3n) is 5.33. The maximum atomic E-state index is 13.1. The number of benzene rings is 2. The molecule has 0 atom stereocenters. The van der Waals surface area contributed by atoms with E-state index in [-0.39, 0.29) is 5.91 Å². The molecule has 2 aromatic carbocycles. The summed E-state index contributed by atoms with van der Waals surface area (Å²) in [5.41, 5.74) is 4.37. The van der Waals surface area contributed by atoms with Crippen molar-refractivity contribution in [2.45, 2.75) is 13.3 Å². The molecule has 0 fully saturated rings. The van der Waals surface area contributed by atoms with Crippen LogP contribution >= 0.6 is 0 Å². The van der Waals surface area contributed by atoms with E-state index in [1.54, 1.807) is 12.4 Å². The van der Waals surface area contributed by atoms with Gasteiger partial charge < -0.3 is 10.2 Å². The Morgan fingerprint density at radius 3 is 2.48 bits per heavy atom. The molecule has 5 heteroatoms. The fourth-order valence-electron chi connectivity index (χ4n) is 3.71. The van der Waals surface area contributed by atoms with Crippen molar-refractivity contribution < 1.29 is 4.79 Å². The van der Waals surface area contributed by atoms with Crippen LogP contribution in [-0.4, -0.2) is 35.5 Å². The minimum absolute atomic E-state index is 0.0725. The molecule has 0 unspecified atom stereocenters. The Morgan fingerprint density at radius 1 is 0.968 bits per heavy atom. The monoisotopic (exact) mass is 410 g/mol. The number of para-hydroxylation sites is 2. The lowest BCUT2D eigenvalue weighted by Crippen LogP contribution is -2.30. The van der Waals surface area contributed by atoms with Gasteiger partial charge in [0.25, 0.3) is 5.91 Å². The van der Waals surface area contributed by atoms with Crippen molar-refractivity contribution >= 4 is 22.5 Å². The van der Waals surface area contributed by atoms with Gasteiger partial charge in [0.05, 0.1) is 16.8 Å². The van der Waals surface area contributed by atoms with Crippen molar-refractivity contribution in [3.63, 3.8) is 0 Å². The molecule has 0 aliphatic rings. The molecule has 0 spiro atoms. The molecular formula is C26H26N4O. The first kappa shape index (κ1) is 20.5. The van der Waals surface area contributed by atoms with E-state index in [9.17, 15) is 4.79 Å². The van der Waals surface area contributed by atoms with Crippen molar-refractivity contribution in [1.29, 1.82) is 0 Å². The SMILES string of the molecule is CCN(CCCNC(=O)c1cc(-c2ccncc2)nc2ccccc12)c1ccccc1. The lowest BCUT2D eigenvalue weighted by atomic mass is 10.0. The van der Waals surface area contributed by atoms with Crippen molar-refractivity contribution in [2.75, 3.05) is 24.5 Å². The Bertz CT molecular complexity index is 1150. The summed E-state index contributed by atoms with van der Waals surface area (Å²) in [7, 11) is 0. The summed E-state index contributed by atoms with van der Waals surface area (Å²) in [5.74, 6) is -0.0725. The highest BCUT2D eigenvalue weighted by Gasteiger charge is 2.14. The zero-order chi connectivity index (χ0) is 21.5. The zero-order valence-electron chi connectivity index (χ0n) is 17.7. The second-order valence-electron chi connectivity index (χ2n) is 7.33. The predicted octanol–water partition coefficient (Wildman–Crippen LogP) is 4.94. The van der Waals surface area contributed by atoms with Gasteiger partial charge in [0.2, 0.25) is 0 Å². The molecule has 4 aromatic rings. The number of aromatic nitrogens is 2. The minimum Gasteiger partial charge on any atom is -0.372 e. The number of anilines is 1. The number of carbonyl (C=O) groups is 1. The van der Waals surface area contributed by atoms with Crippen LogP contribution in [0.4, 0.5) is 5.69 Å². The van der Waals surface area contributed by atoms with E-state index in [2.05, 4.69) is 46.4 Å². The van der Waals surface area contributed by atoms with E-state index in [0.29, 0.717) is 12.1 Å². The molecule has 31 heavy (non-hydrogen) atoms. The average Bonchev–Trinajstić information content (AvgIpc) is 2.84. The Balaban J connectivity index is 1.47. The van der Waals surface area contributed by atoms with Crippen LogP contribution in [-0.2, 0) is 0 Å². The smallest absolute Gasteiger partial charge is 0.252 e. The maximum absolute atomic E-state index is 13.1. The Hall–Kier alpha value is -3.73. The molecule has 1 N–H and O–H groups in total. The maximum Gasteiger partial charge on any atom is 0.252 e. The lowest BCUT2D eigenvalue weighted by molar-refractivity contribution is 0.0955. The lowest BCUT2D eigenvalue weighted by Gasteiger charge is -2.23. The third-order valence-corrected chi connectivity index (χ3v) is 5.33. The molecule has 0 aliphatic carbocycles. The van der Waals surface area contributed by atoms with Crippen LogP contribution in [0.25, 0.3) is 22.2 Å². The zero-order valence-corrected chi connectivity index (χ0v) is 17.7. The van der Waals surface area contributed by atoms with Gasteiger partial charge in [0, 0.05) is 48.7 Å². The molecule has 0 saturated carbocycles. The van der Waals surface area contributed by atoms with Crippen molar-refractivity contribution in [1.82, 2.24) is 15.3 Å². The van der Waals surface area contributed by atoms with Crippen LogP contribution < -0.4 is 10.2 Å². The first-order valence-electron chi connectivity index (χ1n) is 10.6. The molecule has 2 heterocycles. The van der Waals surface area contributed by atoms with E-state index in [1.165, 1.54) is 5.69 Å². The van der Waals surface area contributed by atoms with Gasteiger partial charge in [-0.05, 0) is 49.7 Å². The van der Waals surface area contributed by atoms with E-state index >= 15 is 0 Å². The van der Waals surface area contributed by atoms with E-state index < -0.39 is 0 Å². The van der Waals surface area contributed by atoms with E-state index in [1.807, 2.05) is 48.5 Å². The largest absolute Gasteiger partial charge is 0.372 e. The number of pyridine rings is 2. The summed E-state index contributed by atoms with van der Waals surface area (Å²) in [4.78, 5) is 24.2. The topological polar surface area (TPSA) is 58.1 Å². The Morgan fingerprint density at radius 2 is 1.71 bits per heavy atom. The predicted molar refractivity (Wildman–Crippen MR) is 126 cm³/mol. The average molecular weight is 411 g/mol. The summed E-state index contributed by atoms with van der Waals surface area (Å²) in [6.07, 6.45) is 4.34. The summed E-state index contributed by atoms with van der Waals surface area (Å²) < 4.78 is 0. The molecule has 2 aromatic heterocycles. The normalized spacial score (nSPS) is 10.7. The molecule has 4 rings (SSSR count). The van der Waals surface area contributed by atoms with Gasteiger partial charge >= 0.3 is 0 Å². The van der Waals surface area contributed by atoms with Crippen LogP contribution in [0.15, 0.2) is 85.2 Å². The van der Waals surface area contributed by atoms with Crippen LogP contribution in [0.2, 0.25) is 0 Å². The van der Waals surface area contributed by atoms with Crippen molar-refractivity contribution in [3.8, 4) is 11.3 Å². The van der Waals surface area contributed by atoms with Crippen molar-refractivity contribution in [2.24, 2.45) is 0 Å². The van der Waals surface area contributed by atoms with E-state index in [4.69, 9.17) is 4.98 Å². The van der Waals surface area contributed by atoms with Gasteiger partial charge in [-0.15, -0.1) is 0 Å². The molecule has 5 nitrogen and oxygen atoms in total. The minimum atomic E-state index is -0.0725. The van der Waals surface area contributed by atoms with Crippen LogP contribution in [0.5, 0.6) is 0 Å². The van der Waals surface area contributed by atoms with Crippen molar-refractivity contribution in [3.05, 3.63) is 90.8 Å². The fraction of sp³-hybridized carbons (Fsp3) is 0.192. The quantitative estimate of drug-likeness (QED) is 0.418. The van der Waals surface area contributed by atoms with Gasteiger partial charge in [-0.1, -0.05) is 36.4 Å². The molecule has 1 amide bonds. The highest BCUT2D eigenvalue weighted by Crippen LogP contribution is 2.24. The Kier molecular flexibility index (Phi) is 6.53. The summed E-state index contributed by atoms with van der Waals surface area (Å²) in [5, 5.41) is 3.95. The number of fused-ring (bicyclic) bond motifs is 1. The summed E-state index contributed by atoms with van der Waals surface area (Å²) in [6, 6.07) is 23.8. The number of hydrogen-bond donors (Lipinski definition) is 1. The third kappa shape index (κ3) is 4.89. The molecule has 0 saturated heterocycles. The molecule has 156 valence electrons. The van der Waals surface area contributed by atoms with Gasteiger partial charge in [0.1, 0.15) is 0 Å². The number of carbonyl (C=O) groups excluding carboxylic acids is 1. The molecule has 0 aliphatic heterocycles. The number of rotatable bonds is 8. The van der Waals surface area contributed by atoms with Gasteiger partial charge in [-0.25, -0.2) is 4.98 Å². The molecule has 0 bridgehead atoms. The number of nitrogens with one attached hydrogen (secondary N) is 1.